The van der Waals surface area contributed by atoms with Crippen molar-refractivity contribution in [2.75, 3.05) is 11.6 Å². The summed E-state index contributed by atoms with van der Waals surface area (Å²) >= 11 is 1.65. The average Bonchev–Trinajstić information content (AvgIpc) is 3.22. The largest absolute Gasteiger partial charge is 0.364 e. The first-order valence-corrected chi connectivity index (χ1v) is 7.61. The van der Waals surface area contributed by atoms with Gasteiger partial charge in [-0.15, -0.1) is 0 Å². The summed E-state index contributed by atoms with van der Waals surface area (Å²) in [6.45, 7) is 0.727. The molecule has 100 valence electrons. The van der Waals surface area contributed by atoms with E-state index in [1.54, 1.807) is 18.1 Å². The van der Waals surface area contributed by atoms with E-state index in [9.17, 15) is 0 Å². The van der Waals surface area contributed by atoms with E-state index in [0.717, 1.165) is 28.9 Å². The highest BCUT2D eigenvalue weighted by Gasteiger charge is 2.25. The van der Waals surface area contributed by atoms with Crippen LogP contribution >= 0.6 is 11.8 Å². The van der Waals surface area contributed by atoms with Gasteiger partial charge in [0.25, 0.3) is 0 Å². The van der Waals surface area contributed by atoms with Gasteiger partial charge in [-0.3, -0.25) is 0 Å². The highest BCUT2D eigenvalue weighted by atomic mass is 32.2. The third-order valence-electron chi connectivity index (χ3n) is 3.36. The second kappa shape index (κ2) is 5.21. The van der Waals surface area contributed by atoms with Crippen molar-refractivity contribution >= 4 is 17.6 Å². The van der Waals surface area contributed by atoms with Gasteiger partial charge in [0.1, 0.15) is 12.1 Å². The van der Waals surface area contributed by atoms with Gasteiger partial charge in [0.05, 0.1) is 18.4 Å². The Morgan fingerprint density at radius 2 is 2.21 bits per heavy atom. The predicted molar refractivity (Wildman–Crippen MR) is 76.3 cm³/mol. The summed E-state index contributed by atoms with van der Waals surface area (Å²) in [6.07, 6.45) is 8.10. The first-order chi connectivity index (χ1) is 9.28. The van der Waals surface area contributed by atoms with Crippen molar-refractivity contribution in [3.63, 3.8) is 0 Å². The van der Waals surface area contributed by atoms with Crippen molar-refractivity contribution in [1.29, 1.82) is 0 Å². The molecule has 1 saturated carbocycles. The van der Waals surface area contributed by atoms with E-state index in [1.165, 1.54) is 12.8 Å². The highest BCUT2D eigenvalue weighted by molar-refractivity contribution is 7.98. The second-order valence-electron chi connectivity index (χ2n) is 4.75. The molecule has 0 unspecified atom stereocenters. The lowest BCUT2D eigenvalue weighted by atomic mass is 10.3. The second-order valence-corrected chi connectivity index (χ2v) is 5.52. The van der Waals surface area contributed by atoms with Crippen molar-refractivity contribution in [3.05, 3.63) is 30.0 Å². The number of nitrogens with zero attached hydrogens (tertiary/aromatic N) is 4. The lowest BCUT2D eigenvalue weighted by Gasteiger charge is -2.07. The van der Waals surface area contributed by atoms with Crippen LogP contribution in [0.25, 0.3) is 0 Å². The lowest BCUT2D eigenvalue weighted by molar-refractivity contribution is 0.747. The molecule has 1 aliphatic carbocycles. The molecular formula is C13H17N5S. The number of hydrogen-bond acceptors (Lipinski definition) is 5. The van der Waals surface area contributed by atoms with Crippen LogP contribution in [-0.4, -0.2) is 25.8 Å². The fourth-order valence-corrected chi connectivity index (χ4v) is 2.58. The maximum Gasteiger partial charge on any atom is 0.167 e. The van der Waals surface area contributed by atoms with Crippen molar-refractivity contribution < 1.29 is 0 Å². The molecule has 1 fully saturated rings. The summed E-state index contributed by atoms with van der Waals surface area (Å²) in [5.74, 6) is 1.55. The Hall–Kier alpha value is -1.56. The number of hydrogen-bond donors (Lipinski definition) is 1. The minimum absolute atomic E-state index is 0.656. The fraction of sp³-hybridized carbons (Fsp3) is 0.462. The number of nitrogens with one attached hydrogen (secondary N) is 1. The molecule has 6 heteroatoms. The topological polar surface area (TPSA) is 55.6 Å². The van der Waals surface area contributed by atoms with E-state index in [1.807, 2.05) is 19.5 Å². The standard InChI is InChI=1S/C13H17N5S/c1-18-10(7-15-13(18)19-2)6-14-12-5-11(9-3-4-9)16-8-17-12/h5,7-9H,3-4,6H2,1-2H3,(H,14,16,17). The quantitative estimate of drug-likeness (QED) is 0.849. The molecule has 1 N–H and O–H groups in total. The minimum atomic E-state index is 0.656. The zero-order valence-electron chi connectivity index (χ0n) is 11.1. The minimum Gasteiger partial charge on any atom is -0.364 e. The van der Waals surface area contributed by atoms with E-state index in [-0.39, 0.29) is 0 Å². The molecule has 0 bridgehead atoms. The van der Waals surface area contributed by atoms with Gasteiger partial charge in [0.15, 0.2) is 5.16 Å². The molecule has 0 saturated heterocycles. The summed E-state index contributed by atoms with van der Waals surface area (Å²) in [6, 6.07) is 2.06. The van der Waals surface area contributed by atoms with Crippen LogP contribution in [0.2, 0.25) is 0 Å². The summed E-state index contributed by atoms with van der Waals surface area (Å²) < 4.78 is 2.10. The average molecular weight is 275 g/mol. The van der Waals surface area contributed by atoms with Gasteiger partial charge < -0.3 is 9.88 Å². The Morgan fingerprint density at radius 1 is 1.37 bits per heavy atom. The van der Waals surface area contributed by atoms with Crippen LogP contribution < -0.4 is 5.32 Å². The van der Waals surface area contributed by atoms with E-state index in [4.69, 9.17) is 0 Å². The number of thioether (sulfide) groups is 1. The van der Waals surface area contributed by atoms with Crippen molar-refractivity contribution in [2.24, 2.45) is 7.05 Å². The smallest absolute Gasteiger partial charge is 0.167 e. The Balaban J connectivity index is 1.68. The van der Waals surface area contributed by atoms with Gasteiger partial charge in [-0.25, -0.2) is 15.0 Å². The maximum absolute atomic E-state index is 4.36. The monoisotopic (exact) mass is 275 g/mol. The summed E-state index contributed by atoms with van der Waals surface area (Å²) in [4.78, 5) is 12.9. The fourth-order valence-electron chi connectivity index (χ4n) is 2.03. The van der Waals surface area contributed by atoms with Gasteiger partial charge in [0, 0.05) is 24.7 Å². The lowest BCUT2D eigenvalue weighted by Crippen LogP contribution is -2.06. The van der Waals surface area contributed by atoms with E-state index < -0.39 is 0 Å². The Bertz CT molecular complexity index is 576. The summed E-state index contributed by atoms with van der Waals surface area (Å²) in [5.41, 5.74) is 2.31. The zero-order valence-corrected chi connectivity index (χ0v) is 11.9. The molecule has 1 aliphatic rings. The van der Waals surface area contributed by atoms with E-state index in [2.05, 4.69) is 30.9 Å². The molecule has 2 aromatic heterocycles. The molecule has 0 aliphatic heterocycles. The summed E-state index contributed by atoms with van der Waals surface area (Å²) in [7, 11) is 2.03. The van der Waals surface area contributed by atoms with E-state index in [0.29, 0.717) is 5.92 Å². The third-order valence-corrected chi connectivity index (χ3v) is 4.10. The molecule has 3 rings (SSSR count). The molecule has 0 spiro atoms. The number of imidazole rings is 1. The van der Waals surface area contributed by atoms with Crippen molar-refractivity contribution in [3.8, 4) is 0 Å². The van der Waals surface area contributed by atoms with Crippen LogP contribution in [0.15, 0.2) is 23.7 Å². The van der Waals surface area contributed by atoms with Gasteiger partial charge in [-0.05, 0) is 19.1 Å². The number of aromatic nitrogens is 4. The molecule has 19 heavy (non-hydrogen) atoms. The van der Waals surface area contributed by atoms with E-state index >= 15 is 0 Å². The summed E-state index contributed by atoms with van der Waals surface area (Å²) in [5, 5.41) is 4.37. The molecule has 0 atom stereocenters. The molecule has 5 nitrogen and oxygen atoms in total. The molecule has 0 aromatic carbocycles. The highest BCUT2D eigenvalue weighted by Crippen LogP contribution is 2.39. The Morgan fingerprint density at radius 3 is 2.89 bits per heavy atom. The molecule has 0 amide bonds. The van der Waals surface area contributed by atoms with Crippen molar-refractivity contribution in [1.82, 2.24) is 19.5 Å². The van der Waals surface area contributed by atoms with Gasteiger partial charge in [-0.2, -0.15) is 0 Å². The zero-order chi connectivity index (χ0) is 13.2. The number of anilines is 1. The van der Waals surface area contributed by atoms with Gasteiger partial charge in [-0.1, -0.05) is 11.8 Å². The number of rotatable bonds is 5. The Kier molecular flexibility index (Phi) is 3.42. The van der Waals surface area contributed by atoms with Crippen LogP contribution in [0.4, 0.5) is 5.82 Å². The first kappa shape index (κ1) is 12.5. The van der Waals surface area contributed by atoms with Crippen LogP contribution in [0, 0.1) is 0 Å². The van der Waals surface area contributed by atoms with Gasteiger partial charge >= 0.3 is 0 Å². The molecule has 0 radical (unpaired) electrons. The molecule has 2 heterocycles. The predicted octanol–water partition coefficient (Wildman–Crippen LogP) is 2.42. The third kappa shape index (κ3) is 2.73. The van der Waals surface area contributed by atoms with Gasteiger partial charge in [0.2, 0.25) is 0 Å². The molecule has 2 aromatic rings. The van der Waals surface area contributed by atoms with Crippen LogP contribution in [-0.2, 0) is 13.6 Å². The van der Waals surface area contributed by atoms with Crippen LogP contribution in [0.5, 0.6) is 0 Å². The van der Waals surface area contributed by atoms with Crippen LogP contribution in [0.1, 0.15) is 30.1 Å². The molecular weight excluding hydrogens is 258 g/mol. The Labute approximate surface area is 116 Å². The first-order valence-electron chi connectivity index (χ1n) is 6.38. The SMILES string of the molecule is CSc1ncc(CNc2cc(C3CC3)ncn2)n1C. The van der Waals surface area contributed by atoms with Crippen molar-refractivity contribution in [2.45, 2.75) is 30.5 Å². The normalized spacial score (nSPS) is 14.6. The van der Waals surface area contributed by atoms with Crippen LogP contribution in [0.3, 0.4) is 0 Å². The maximum atomic E-state index is 4.36.